The number of hydrogen-bond donors (Lipinski definition) is 3. The molecular formula is C13H24N2O4. The third-order valence-electron chi connectivity index (χ3n) is 3.16. The van der Waals surface area contributed by atoms with Gasteiger partial charge in [-0.3, -0.25) is 0 Å². The molecular weight excluding hydrogens is 248 g/mol. The van der Waals surface area contributed by atoms with Crippen LogP contribution in [0.15, 0.2) is 0 Å². The van der Waals surface area contributed by atoms with Crippen molar-refractivity contribution in [2.45, 2.75) is 52.2 Å². The molecule has 0 radical (unpaired) electrons. The maximum absolute atomic E-state index is 11.7. The van der Waals surface area contributed by atoms with E-state index in [0.29, 0.717) is 6.54 Å². The van der Waals surface area contributed by atoms with E-state index in [9.17, 15) is 9.59 Å². The Labute approximate surface area is 113 Å². The average Bonchev–Trinajstić information content (AvgIpc) is 2.77. The van der Waals surface area contributed by atoms with Gasteiger partial charge in [-0.2, -0.15) is 0 Å². The molecule has 1 fully saturated rings. The van der Waals surface area contributed by atoms with E-state index >= 15 is 0 Å². The van der Waals surface area contributed by atoms with Gasteiger partial charge >= 0.3 is 12.0 Å². The van der Waals surface area contributed by atoms with Crippen LogP contribution in [0.3, 0.4) is 0 Å². The van der Waals surface area contributed by atoms with Crippen molar-refractivity contribution in [3.8, 4) is 0 Å². The number of ether oxygens (including phenoxy) is 1. The Morgan fingerprint density at radius 3 is 2.58 bits per heavy atom. The fourth-order valence-electron chi connectivity index (χ4n) is 2.05. The number of hydrogen-bond acceptors (Lipinski definition) is 3. The van der Waals surface area contributed by atoms with E-state index < -0.39 is 23.5 Å². The molecule has 0 aromatic carbocycles. The van der Waals surface area contributed by atoms with Crippen LogP contribution >= 0.6 is 0 Å². The second kappa shape index (κ2) is 6.75. The number of carboxylic acid groups (broad SMARTS) is 1. The van der Waals surface area contributed by atoms with Gasteiger partial charge in [-0.05, 0) is 24.7 Å². The first-order valence-corrected chi connectivity index (χ1v) is 6.69. The largest absolute Gasteiger partial charge is 0.480 e. The van der Waals surface area contributed by atoms with Gasteiger partial charge in [0, 0.05) is 13.2 Å². The second-order valence-electron chi connectivity index (χ2n) is 5.96. The monoisotopic (exact) mass is 272 g/mol. The summed E-state index contributed by atoms with van der Waals surface area (Å²) >= 11 is 0. The molecule has 19 heavy (non-hydrogen) atoms. The van der Waals surface area contributed by atoms with E-state index in [-0.39, 0.29) is 6.10 Å². The van der Waals surface area contributed by atoms with E-state index in [2.05, 4.69) is 10.6 Å². The van der Waals surface area contributed by atoms with Gasteiger partial charge in [0.15, 0.2) is 0 Å². The van der Waals surface area contributed by atoms with Crippen molar-refractivity contribution in [1.29, 1.82) is 0 Å². The number of urea groups is 1. The molecule has 2 amide bonds. The highest BCUT2D eigenvalue weighted by molar-refractivity contribution is 5.83. The molecule has 6 heteroatoms. The first-order chi connectivity index (χ1) is 8.80. The summed E-state index contributed by atoms with van der Waals surface area (Å²) in [7, 11) is 0. The van der Waals surface area contributed by atoms with Crippen LogP contribution < -0.4 is 10.6 Å². The summed E-state index contributed by atoms with van der Waals surface area (Å²) in [6.45, 7) is 6.62. The zero-order valence-corrected chi connectivity index (χ0v) is 11.9. The summed E-state index contributed by atoms with van der Waals surface area (Å²) in [6.07, 6.45) is 3.09. The molecule has 0 bridgehead atoms. The van der Waals surface area contributed by atoms with E-state index in [4.69, 9.17) is 9.84 Å². The van der Waals surface area contributed by atoms with Crippen LogP contribution in [0.5, 0.6) is 0 Å². The number of rotatable bonds is 5. The van der Waals surface area contributed by atoms with Crippen molar-refractivity contribution >= 4 is 12.0 Å². The summed E-state index contributed by atoms with van der Waals surface area (Å²) < 4.78 is 5.44. The first kappa shape index (κ1) is 15.8. The quantitative estimate of drug-likeness (QED) is 0.705. The van der Waals surface area contributed by atoms with Crippen molar-refractivity contribution < 1.29 is 19.4 Å². The van der Waals surface area contributed by atoms with Crippen LogP contribution in [0, 0.1) is 5.41 Å². The molecule has 1 heterocycles. The highest BCUT2D eigenvalue weighted by Crippen LogP contribution is 2.19. The molecule has 1 aliphatic rings. The zero-order chi connectivity index (χ0) is 14.5. The minimum absolute atomic E-state index is 0.221. The molecule has 1 rings (SSSR count). The lowest BCUT2D eigenvalue weighted by molar-refractivity contribution is -0.141. The second-order valence-corrected chi connectivity index (χ2v) is 5.96. The number of amides is 2. The molecule has 0 aliphatic carbocycles. The number of carboxylic acids is 1. The van der Waals surface area contributed by atoms with E-state index in [1.807, 2.05) is 0 Å². The van der Waals surface area contributed by atoms with Gasteiger partial charge in [0.25, 0.3) is 0 Å². The minimum Gasteiger partial charge on any atom is -0.480 e. The van der Waals surface area contributed by atoms with Crippen LogP contribution in [0.1, 0.15) is 40.0 Å². The standard InChI is InChI=1S/C13H24N2O4/c1-13(2,3)10(11(16)17)15-12(18)14-7-6-9-5-4-8-19-9/h9-10H,4-8H2,1-3H3,(H,16,17)(H2,14,15,18)/t9?,10-/m0/s1. The van der Waals surface area contributed by atoms with Crippen molar-refractivity contribution in [1.82, 2.24) is 10.6 Å². The normalized spacial score (nSPS) is 20.9. The number of aliphatic carboxylic acids is 1. The Balaban J connectivity index is 2.30. The average molecular weight is 272 g/mol. The maximum atomic E-state index is 11.7. The zero-order valence-electron chi connectivity index (χ0n) is 11.9. The van der Waals surface area contributed by atoms with Crippen LogP contribution in [0.2, 0.25) is 0 Å². The fourth-order valence-corrected chi connectivity index (χ4v) is 2.05. The van der Waals surface area contributed by atoms with Gasteiger partial charge < -0.3 is 20.5 Å². The third-order valence-corrected chi connectivity index (χ3v) is 3.16. The minimum atomic E-state index is -1.03. The summed E-state index contributed by atoms with van der Waals surface area (Å²) in [5, 5.41) is 14.3. The number of nitrogens with one attached hydrogen (secondary N) is 2. The Morgan fingerprint density at radius 1 is 1.42 bits per heavy atom. The van der Waals surface area contributed by atoms with Gasteiger partial charge in [-0.15, -0.1) is 0 Å². The molecule has 1 aliphatic heterocycles. The van der Waals surface area contributed by atoms with Gasteiger partial charge in [0.05, 0.1) is 6.10 Å². The van der Waals surface area contributed by atoms with Gasteiger partial charge in [0.1, 0.15) is 6.04 Å². The number of carbonyl (C=O) groups excluding carboxylic acids is 1. The third kappa shape index (κ3) is 5.46. The maximum Gasteiger partial charge on any atom is 0.326 e. The Morgan fingerprint density at radius 2 is 2.11 bits per heavy atom. The Kier molecular flexibility index (Phi) is 5.60. The molecule has 0 aromatic heterocycles. The molecule has 3 N–H and O–H groups in total. The lowest BCUT2D eigenvalue weighted by atomic mass is 9.87. The predicted octanol–water partition coefficient (Wildman–Crippen LogP) is 1.35. The summed E-state index contributed by atoms with van der Waals surface area (Å²) in [5.74, 6) is -1.03. The van der Waals surface area contributed by atoms with Crippen LogP contribution in [-0.4, -0.2) is 42.4 Å². The van der Waals surface area contributed by atoms with E-state index in [1.54, 1.807) is 20.8 Å². The fraction of sp³-hybridized carbons (Fsp3) is 0.846. The van der Waals surface area contributed by atoms with Gasteiger partial charge in [0.2, 0.25) is 0 Å². The Bertz CT molecular complexity index is 319. The van der Waals surface area contributed by atoms with Crippen LogP contribution in [0.4, 0.5) is 4.79 Å². The molecule has 1 unspecified atom stereocenters. The van der Waals surface area contributed by atoms with Crippen LogP contribution in [0.25, 0.3) is 0 Å². The highest BCUT2D eigenvalue weighted by Gasteiger charge is 2.32. The molecule has 1 saturated heterocycles. The predicted molar refractivity (Wildman–Crippen MR) is 71.0 cm³/mol. The summed E-state index contributed by atoms with van der Waals surface area (Å²) in [6, 6.07) is -1.35. The van der Waals surface area contributed by atoms with Crippen molar-refractivity contribution in [2.75, 3.05) is 13.2 Å². The summed E-state index contributed by atoms with van der Waals surface area (Å²) in [4.78, 5) is 22.8. The number of carbonyl (C=O) groups is 2. The van der Waals surface area contributed by atoms with E-state index in [0.717, 1.165) is 25.9 Å². The molecule has 0 aromatic rings. The topological polar surface area (TPSA) is 87.7 Å². The lowest BCUT2D eigenvalue weighted by Crippen LogP contribution is -2.52. The molecule has 0 spiro atoms. The van der Waals surface area contributed by atoms with Crippen LogP contribution in [-0.2, 0) is 9.53 Å². The molecule has 110 valence electrons. The smallest absolute Gasteiger partial charge is 0.326 e. The molecule has 2 atom stereocenters. The van der Waals surface area contributed by atoms with Crippen molar-refractivity contribution in [3.05, 3.63) is 0 Å². The molecule has 0 saturated carbocycles. The SMILES string of the molecule is CC(C)(C)[C@@H](NC(=O)NCCC1CCCO1)C(=O)O. The lowest BCUT2D eigenvalue weighted by Gasteiger charge is -2.27. The summed E-state index contributed by atoms with van der Waals surface area (Å²) in [5.41, 5.74) is -0.530. The molecule has 6 nitrogen and oxygen atoms in total. The first-order valence-electron chi connectivity index (χ1n) is 6.69. The van der Waals surface area contributed by atoms with Crippen molar-refractivity contribution in [3.63, 3.8) is 0 Å². The van der Waals surface area contributed by atoms with Gasteiger partial charge in [-0.1, -0.05) is 20.8 Å². The Hall–Kier alpha value is -1.30. The highest BCUT2D eigenvalue weighted by atomic mass is 16.5. The van der Waals surface area contributed by atoms with E-state index in [1.165, 1.54) is 0 Å². The van der Waals surface area contributed by atoms with Crippen molar-refractivity contribution in [2.24, 2.45) is 5.41 Å². The van der Waals surface area contributed by atoms with Gasteiger partial charge in [-0.25, -0.2) is 9.59 Å².